The monoisotopic (exact) mass is 467 g/mol. The molecule has 2 N–H and O–H groups in total. The van der Waals surface area contributed by atoms with Crippen LogP contribution in [0.2, 0.25) is 0 Å². The summed E-state index contributed by atoms with van der Waals surface area (Å²) in [6, 6.07) is 3.12. The Morgan fingerprint density at radius 1 is 1.42 bits per heavy atom. The summed E-state index contributed by atoms with van der Waals surface area (Å²) < 4.78 is 26.7. The van der Waals surface area contributed by atoms with Crippen LogP contribution in [0.5, 0.6) is 0 Å². The molecule has 0 amide bonds. The highest BCUT2D eigenvalue weighted by atomic mass is 127. The Morgan fingerprint density at radius 3 is 2.71 bits per heavy atom. The average molecular weight is 467 g/mol. The van der Waals surface area contributed by atoms with Gasteiger partial charge in [0.15, 0.2) is 5.96 Å². The van der Waals surface area contributed by atoms with E-state index in [9.17, 15) is 8.42 Å². The predicted molar refractivity (Wildman–Crippen MR) is 106 cm³/mol. The Bertz CT molecular complexity index is 649. The first-order chi connectivity index (χ1) is 10.8. The molecule has 0 unspecified atom stereocenters. The Hall–Kier alpha value is -0.940. The third-order valence-electron chi connectivity index (χ3n) is 3.83. The van der Waals surface area contributed by atoms with Gasteiger partial charge >= 0.3 is 0 Å². The minimum atomic E-state index is -3.51. The van der Waals surface area contributed by atoms with Gasteiger partial charge in [-0.3, -0.25) is 9.98 Å². The van der Waals surface area contributed by atoms with E-state index in [0.717, 1.165) is 25.5 Å². The lowest BCUT2D eigenvalue weighted by Crippen LogP contribution is -2.43. The SMILES string of the molecule is CN=C(NCCNS(=O)(=O)c1cccnc1)N1CCC(C)(C)C1.I. The second kappa shape index (κ2) is 8.95. The van der Waals surface area contributed by atoms with Crippen molar-refractivity contribution in [2.45, 2.75) is 25.2 Å². The van der Waals surface area contributed by atoms with Gasteiger partial charge in [-0.1, -0.05) is 13.8 Å². The van der Waals surface area contributed by atoms with E-state index in [1.165, 1.54) is 12.3 Å². The van der Waals surface area contributed by atoms with E-state index in [-0.39, 0.29) is 35.4 Å². The molecule has 0 spiro atoms. The van der Waals surface area contributed by atoms with Gasteiger partial charge in [0.2, 0.25) is 10.0 Å². The number of halogens is 1. The lowest BCUT2D eigenvalue weighted by Gasteiger charge is -2.23. The molecule has 2 rings (SSSR count). The van der Waals surface area contributed by atoms with Crippen LogP contribution in [0.3, 0.4) is 0 Å². The summed E-state index contributed by atoms with van der Waals surface area (Å²) in [5, 5.41) is 3.21. The highest BCUT2D eigenvalue weighted by Gasteiger charge is 2.30. The summed E-state index contributed by atoms with van der Waals surface area (Å²) in [4.78, 5) is 10.5. The van der Waals surface area contributed by atoms with Crippen molar-refractivity contribution in [2.24, 2.45) is 10.4 Å². The molecule has 0 radical (unpaired) electrons. The molecule has 1 saturated heterocycles. The number of likely N-dealkylation sites (tertiary alicyclic amines) is 1. The van der Waals surface area contributed by atoms with Crippen LogP contribution in [0.4, 0.5) is 0 Å². The molecule has 1 aromatic heterocycles. The molecule has 24 heavy (non-hydrogen) atoms. The van der Waals surface area contributed by atoms with E-state index < -0.39 is 10.0 Å². The molecule has 1 aliphatic rings. The van der Waals surface area contributed by atoms with Crippen molar-refractivity contribution in [3.63, 3.8) is 0 Å². The maximum Gasteiger partial charge on any atom is 0.242 e. The lowest BCUT2D eigenvalue weighted by atomic mass is 9.93. The van der Waals surface area contributed by atoms with Crippen LogP contribution in [0.25, 0.3) is 0 Å². The van der Waals surface area contributed by atoms with Crippen LogP contribution in [-0.2, 0) is 10.0 Å². The Balaban J connectivity index is 0.00000288. The van der Waals surface area contributed by atoms with Crippen molar-refractivity contribution in [1.29, 1.82) is 0 Å². The molecule has 2 heterocycles. The molecule has 0 aliphatic carbocycles. The first-order valence-corrected chi connectivity index (χ1v) is 9.18. The van der Waals surface area contributed by atoms with Gasteiger partial charge in [0.1, 0.15) is 4.90 Å². The number of aliphatic imine (C=N–C) groups is 1. The van der Waals surface area contributed by atoms with E-state index in [1.54, 1.807) is 19.3 Å². The molecular formula is C15H26IN5O2S. The topological polar surface area (TPSA) is 86.7 Å². The zero-order chi connectivity index (χ0) is 16.9. The molecule has 1 fully saturated rings. The summed E-state index contributed by atoms with van der Waals surface area (Å²) in [5.74, 6) is 0.816. The zero-order valence-electron chi connectivity index (χ0n) is 14.3. The highest BCUT2D eigenvalue weighted by molar-refractivity contribution is 14.0. The minimum absolute atomic E-state index is 0. The second-order valence-electron chi connectivity index (χ2n) is 6.40. The number of nitrogens with zero attached hydrogens (tertiary/aromatic N) is 3. The van der Waals surface area contributed by atoms with Gasteiger partial charge in [0, 0.05) is 45.6 Å². The van der Waals surface area contributed by atoms with Crippen molar-refractivity contribution in [3.05, 3.63) is 24.5 Å². The van der Waals surface area contributed by atoms with Crippen LogP contribution in [0.1, 0.15) is 20.3 Å². The maximum atomic E-state index is 12.1. The van der Waals surface area contributed by atoms with Gasteiger partial charge in [-0.05, 0) is 24.0 Å². The third kappa shape index (κ3) is 5.85. The van der Waals surface area contributed by atoms with E-state index in [4.69, 9.17) is 0 Å². The summed E-state index contributed by atoms with van der Waals surface area (Å²) in [6.07, 6.45) is 4.00. The van der Waals surface area contributed by atoms with Crippen molar-refractivity contribution >= 4 is 40.0 Å². The van der Waals surface area contributed by atoms with Crippen molar-refractivity contribution in [1.82, 2.24) is 19.9 Å². The van der Waals surface area contributed by atoms with Crippen molar-refractivity contribution < 1.29 is 8.42 Å². The van der Waals surface area contributed by atoms with Gasteiger partial charge in [0.05, 0.1) is 0 Å². The highest BCUT2D eigenvalue weighted by Crippen LogP contribution is 2.28. The average Bonchev–Trinajstić information content (AvgIpc) is 2.88. The maximum absolute atomic E-state index is 12.1. The molecule has 7 nitrogen and oxygen atoms in total. The minimum Gasteiger partial charge on any atom is -0.355 e. The fourth-order valence-corrected chi connectivity index (χ4v) is 3.57. The number of hydrogen-bond donors (Lipinski definition) is 2. The van der Waals surface area contributed by atoms with Gasteiger partial charge in [-0.2, -0.15) is 0 Å². The third-order valence-corrected chi connectivity index (χ3v) is 5.28. The summed E-state index contributed by atoms with van der Waals surface area (Å²) in [5.41, 5.74) is 0.291. The molecule has 0 atom stereocenters. The normalized spacial score (nSPS) is 17.5. The molecule has 0 bridgehead atoms. The van der Waals surface area contributed by atoms with Gasteiger partial charge in [-0.15, -0.1) is 24.0 Å². The molecule has 9 heteroatoms. The van der Waals surface area contributed by atoms with Crippen LogP contribution >= 0.6 is 24.0 Å². The number of pyridine rings is 1. The molecule has 0 saturated carbocycles. The number of aromatic nitrogens is 1. The Labute approximate surface area is 161 Å². The second-order valence-corrected chi connectivity index (χ2v) is 8.16. The summed E-state index contributed by atoms with van der Waals surface area (Å²) in [6.45, 7) is 7.16. The molecule has 136 valence electrons. The number of sulfonamides is 1. The number of nitrogens with one attached hydrogen (secondary N) is 2. The number of rotatable bonds is 5. The molecule has 0 aromatic carbocycles. The first-order valence-electron chi connectivity index (χ1n) is 7.69. The van der Waals surface area contributed by atoms with E-state index in [1.807, 2.05) is 0 Å². The van der Waals surface area contributed by atoms with E-state index in [2.05, 4.69) is 38.8 Å². The summed E-state index contributed by atoms with van der Waals surface area (Å²) in [7, 11) is -1.77. The van der Waals surface area contributed by atoms with Crippen LogP contribution in [0, 0.1) is 5.41 Å². The van der Waals surface area contributed by atoms with Crippen molar-refractivity contribution in [2.75, 3.05) is 33.2 Å². The number of guanidine groups is 1. The van der Waals surface area contributed by atoms with Gasteiger partial charge < -0.3 is 10.2 Å². The van der Waals surface area contributed by atoms with Crippen LogP contribution in [-0.4, -0.2) is 57.5 Å². The lowest BCUT2D eigenvalue weighted by molar-refractivity contribution is 0.370. The van der Waals surface area contributed by atoms with Crippen LogP contribution < -0.4 is 10.0 Å². The molecular weight excluding hydrogens is 441 g/mol. The summed E-state index contributed by atoms with van der Waals surface area (Å²) >= 11 is 0. The predicted octanol–water partition coefficient (Wildman–Crippen LogP) is 1.29. The Kier molecular flexibility index (Phi) is 7.87. The first kappa shape index (κ1) is 21.1. The molecule has 1 aliphatic heterocycles. The smallest absolute Gasteiger partial charge is 0.242 e. The Morgan fingerprint density at radius 2 is 2.17 bits per heavy atom. The number of hydrogen-bond acceptors (Lipinski definition) is 4. The quantitative estimate of drug-likeness (QED) is 0.295. The van der Waals surface area contributed by atoms with E-state index >= 15 is 0 Å². The van der Waals surface area contributed by atoms with Crippen LogP contribution in [0.15, 0.2) is 34.4 Å². The van der Waals surface area contributed by atoms with Crippen molar-refractivity contribution in [3.8, 4) is 0 Å². The fraction of sp³-hybridized carbons (Fsp3) is 0.600. The van der Waals surface area contributed by atoms with Gasteiger partial charge in [-0.25, -0.2) is 13.1 Å². The van der Waals surface area contributed by atoms with E-state index in [0.29, 0.717) is 12.0 Å². The molecule has 1 aromatic rings. The zero-order valence-corrected chi connectivity index (χ0v) is 17.5. The van der Waals surface area contributed by atoms with Gasteiger partial charge in [0.25, 0.3) is 0 Å². The fourth-order valence-electron chi connectivity index (χ4n) is 2.57. The largest absolute Gasteiger partial charge is 0.355 e. The standard InChI is InChI=1S/C15H25N5O2S.HI/c1-15(2)6-10-20(12-15)14(16-3)18-8-9-19-23(21,22)13-5-4-7-17-11-13;/h4-5,7,11,19H,6,8-10,12H2,1-3H3,(H,16,18);1H.